The Balaban J connectivity index is 1.46. The highest BCUT2D eigenvalue weighted by Crippen LogP contribution is 2.21. The number of benzene rings is 1. The van der Waals surface area contributed by atoms with Gasteiger partial charge in [-0.15, -0.1) is 11.3 Å². The Kier molecular flexibility index (Phi) is 7.49. The minimum Gasteiger partial charge on any atom is -0.345 e. The number of carbonyl (C=O) groups excluding carboxylic acids is 1. The fraction of sp³-hybridized carbons (Fsp3) is 0.545. The Bertz CT molecular complexity index is 790. The molecule has 0 bridgehead atoms. The number of rotatable bonds is 7. The summed E-state index contributed by atoms with van der Waals surface area (Å²) in [4.78, 5) is 22.6. The van der Waals surface area contributed by atoms with Gasteiger partial charge >= 0.3 is 0 Å². The Morgan fingerprint density at radius 1 is 1.32 bits per heavy atom. The molecule has 0 spiro atoms. The smallest absolute Gasteiger partial charge is 0.227 e. The lowest BCUT2D eigenvalue weighted by Gasteiger charge is -2.34. The summed E-state index contributed by atoms with van der Waals surface area (Å²) in [5.74, 6) is 0.752. The molecule has 2 aromatic rings. The number of piperidine rings is 1. The van der Waals surface area contributed by atoms with Crippen molar-refractivity contribution in [2.24, 2.45) is 5.92 Å². The van der Waals surface area contributed by atoms with Gasteiger partial charge in [-0.05, 0) is 63.3 Å². The zero-order chi connectivity index (χ0) is 20.1. The molecule has 6 heteroatoms. The summed E-state index contributed by atoms with van der Waals surface area (Å²) in [6, 6.07) is 8.14. The van der Waals surface area contributed by atoms with Crippen LogP contribution in [0.1, 0.15) is 34.0 Å². The van der Waals surface area contributed by atoms with Gasteiger partial charge in [0, 0.05) is 36.6 Å². The molecule has 4 nitrogen and oxygen atoms in total. The molecule has 1 aliphatic rings. The molecular formula is C22H30ClN3OS. The lowest BCUT2D eigenvalue weighted by atomic mass is 9.97. The van der Waals surface area contributed by atoms with Gasteiger partial charge in [-0.2, -0.15) is 0 Å². The summed E-state index contributed by atoms with van der Waals surface area (Å²) < 4.78 is 0. The topological polar surface area (TPSA) is 36.4 Å². The third-order valence-corrected chi connectivity index (χ3v) is 6.83. The minimum absolute atomic E-state index is 0.199. The van der Waals surface area contributed by atoms with E-state index in [4.69, 9.17) is 11.6 Å². The van der Waals surface area contributed by atoms with E-state index in [-0.39, 0.29) is 5.91 Å². The van der Waals surface area contributed by atoms with E-state index in [1.165, 1.54) is 18.4 Å². The van der Waals surface area contributed by atoms with Gasteiger partial charge < -0.3 is 9.80 Å². The maximum absolute atomic E-state index is 12.6. The van der Waals surface area contributed by atoms with Crippen molar-refractivity contribution in [2.45, 2.75) is 39.5 Å². The molecule has 1 saturated heterocycles. The molecule has 2 heterocycles. The number of amides is 1. The number of likely N-dealkylation sites (N-methyl/N-ethyl adjacent to an activating group) is 1. The van der Waals surface area contributed by atoms with Crippen LogP contribution in [-0.2, 0) is 17.6 Å². The lowest BCUT2D eigenvalue weighted by molar-refractivity contribution is -0.129. The summed E-state index contributed by atoms with van der Waals surface area (Å²) in [5, 5.41) is 1.82. The van der Waals surface area contributed by atoms with Crippen molar-refractivity contribution in [3.8, 4) is 0 Å². The first-order valence-corrected chi connectivity index (χ1v) is 11.2. The summed E-state index contributed by atoms with van der Waals surface area (Å²) in [5.41, 5.74) is 2.32. The van der Waals surface area contributed by atoms with Crippen LogP contribution in [0, 0.1) is 19.8 Å². The Hall–Kier alpha value is -1.43. The fourth-order valence-corrected chi connectivity index (χ4v) is 4.99. The largest absolute Gasteiger partial charge is 0.345 e. The van der Waals surface area contributed by atoms with E-state index in [0.29, 0.717) is 12.3 Å². The van der Waals surface area contributed by atoms with Crippen molar-refractivity contribution in [2.75, 3.05) is 33.2 Å². The average Bonchev–Trinajstić information content (AvgIpc) is 2.98. The second-order valence-corrected chi connectivity index (χ2v) is 9.60. The van der Waals surface area contributed by atoms with Crippen molar-refractivity contribution in [1.82, 2.24) is 14.8 Å². The predicted octanol–water partition coefficient (Wildman–Crippen LogP) is 4.37. The van der Waals surface area contributed by atoms with Crippen molar-refractivity contribution < 1.29 is 4.79 Å². The number of hydrogen-bond donors (Lipinski definition) is 0. The molecule has 1 amide bonds. The third kappa shape index (κ3) is 6.03. The van der Waals surface area contributed by atoms with Crippen molar-refractivity contribution in [1.29, 1.82) is 0 Å². The zero-order valence-corrected chi connectivity index (χ0v) is 18.7. The van der Waals surface area contributed by atoms with Gasteiger partial charge in [-0.3, -0.25) is 4.79 Å². The van der Waals surface area contributed by atoms with Crippen molar-refractivity contribution in [3.63, 3.8) is 0 Å². The maximum Gasteiger partial charge on any atom is 0.227 e. The first-order chi connectivity index (χ1) is 13.4. The molecule has 1 atom stereocenters. The molecule has 1 aromatic carbocycles. The molecule has 0 aliphatic carbocycles. The summed E-state index contributed by atoms with van der Waals surface area (Å²) in [7, 11) is 1.94. The van der Waals surface area contributed by atoms with E-state index in [1.54, 1.807) is 11.3 Å². The van der Waals surface area contributed by atoms with Gasteiger partial charge in [0.05, 0.1) is 17.1 Å². The summed E-state index contributed by atoms with van der Waals surface area (Å²) >= 11 is 7.61. The Morgan fingerprint density at radius 2 is 2.07 bits per heavy atom. The van der Waals surface area contributed by atoms with Gasteiger partial charge in [0.2, 0.25) is 5.91 Å². The molecular weight excluding hydrogens is 390 g/mol. The van der Waals surface area contributed by atoms with E-state index < -0.39 is 0 Å². The molecule has 1 aromatic heterocycles. The molecule has 152 valence electrons. The first-order valence-electron chi connectivity index (χ1n) is 10.0. The highest BCUT2D eigenvalue weighted by atomic mass is 35.5. The molecule has 0 saturated carbocycles. The van der Waals surface area contributed by atoms with Gasteiger partial charge in [0.15, 0.2) is 0 Å². The van der Waals surface area contributed by atoms with E-state index in [9.17, 15) is 4.79 Å². The van der Waals surface area contributed by atoms with Crippen LogP contribution in [-0.4, -0.2) is 53.9 Å². The lowest BCUT2D eigenvalue weighted by Crippen LogP contribution is -2.42. The Morgan fingerprint density at radius 3 is 2.75 bits per heavy atom. The predicted molar refractivity (Wildman–Crippen MR) is 117 cm³/mol. The standard InChI is InChI=1S/C22H30ClN3OS/c1-16-21(28-17(2)24-16)13-22(27)25(3)14-19-5-4-11-26(15-19)12-10-18-6-8-20(23)9-7-18/h6-9,19H,4-5,10-15H2,1-3H3/t19-/m1/s1. The van der Waals surface area contributed by atoms with Crippen LogP contribution in [0.25, 0.3) is 0 Å². The maximum atomic E-state index is 12.6. The number of likely N-dealkylation sites (tertiary alicyclic amines) is 1. The SMILES string of the molecule is Cc1nc(C)c(CC(=O)N(C)C[C@H]2CCCN(CCc3ccc(Cl)cc3)C2)s1. The molecule has 0 radical (unpaired) electrons. The van der Waals surface area contributed by atoms with Gasteiger partial charge in [0.1, 0.15) is 0 Å². The molecule has 28 heavy (non-hydrogen) atoms. The second-order valence-electron chi connectivity index (χ2n) is 7.88. The average molecular weight is 420 g/mol. The van der Waals surface area contributed by atoms with Crippen LogP contribution in [0.3, 0.4) is 0 Å². The van der Waals surface area contributed by atoms with E-state index in [1.807, 2.05) is 37.9 Å². The van der Waals surface area contributed by atoms with Crippen LogP contribution in [0.2, 0.25) is 5.02 Å². The highest BCUT2D eigenvalue weighted by Gasteiger charge is 2.23. The third-order valence-electron chi connectivity index (χ3n) is 5.50. The summed E-state index contributed by atoms with van der Waals surface area (Å²) in [6.07, 6.45) is 3.93. The van der Waals surface area contributed by atoms with Crippen LogP contribution in [0.15, 0.2) is 24.3 Å². The quantitative estimate of drug-likeness (QED) is 0.668. The molecule has 0 N–H and O–H groups in total. The van der Waals surface area contributed by atoms with Crippen molar-refractivity contribution >= 4 is 28.8 Å². The molecule has 3 rings (SSSR count). The normalized spacial score (nSPS) is 17.6. The number of carbonyl (C=O) groups is 1. The number of aryl methyl sites for hydroxylation is 2. The van der Waals surface area contributed by atoms with Gasteiger partial charge in [-0.25, -0.2) is 4.98 Å². The van der Waals surface area contributed by atoms with Crippen molar-refractivity contribution in [3.05, 3.63) is 50.4 Å². The van der Waals surface area contributed by atoms with E-state index in [2.05, 4.69) is 22.0 Å². The van der Waals surface area contributed by atoms with Crippen LogP contribution in [0.5, 0.6) is 0 Å². The van der Waals surface area contributed by atoms with Crippen LogP contribution < -0.4 is 0 Å². The monoisotopic (exact) mass is 419 g/mol. The van der Waals surface area contributed by atoms with Crippen LogP contribution in [0.4, 0.5) is 0 Å². The number of hydrogen-bond acceptors (Lipinski definition) is 4. The first kappa shape index (κ1) is 21.3. The number of nitrogens with zero attached hydrogens (tertiary/aromatic N) is 3. The molecule has 1 aliphatic heterocycles. The van der Waals surface area contributed by atoms with E-state index in [0.717, 1.165) is 53.2 Å². The summed E-state index contributed by atoms with van der Waals surface area (Å²) in [6.45, 7) is 8.12. The van der Waals surface area contributed by atoms with Gasteiger partial charge in [0.25, 0.3) is 0 Å². The van der Waals surface area contributed by atoms with Crippen LogP contribution >= 0.6 is 22.9 Å². The number of halogens is 1. The number of aromatic nitrogens is 1. The fourth-order valence-electron chi connectivity index (χ4n) is 3.94. The van der Waals surface area contributed by atoms with E-state index >= 15 is 0 Å². The zero-order valence-electron chi connectivity index (χ0n) is 17.1. The van der Waals surface area contributed by atoms with Gasteiger partial charge in [-0.1, -0.05) is 23.7 Å². The molecule has 0 unspecified atom stereocenters. The Labute approximate surface area is 177 Å². The molecule has 1 fully saturated rings. The minimum atomic E-state index is 0.199. The second kappa shape index (κ2) is 9.86. The highest BCUT2D eigenvalue weighted by molar-refractivity contribution is 7.11. The number of thiazole rings is 1.